The highest BCUT2D eigenvalue weighted by atomic mass is 79.9. The molecule has 0 bridgehead atoms. The van der Waals surface area contributed by atoms with Crippen molar-refractivity contribution in [2.45, 2.75) is 52.0 Å². The van der Waals surface area contributed by atoms with E-state index in [4.69, 9.17) is 4.74 Å². The van der Waals surface area contributed by atoms with Gasteiger partial charge in [0.1, 0.15) is 4.60 Å². The number of amides is 1. The molecule has 1 aromatic heterocycles. The maximum Gasteiger partial charge on any atom is 0.407 e. The number of rotatable bonds is 7. The van der Waals surface area contributed by atoms with Crippen molar-refractivity contribution in [3.63, 3.8) is 0 Å². The lowest BCUT2D eigenvalue weighted by Crippen LogP contribution is -2.44. The van der Waals surface area contributed by atoms with Crippen LogP contribution in [0.2, 0.25) is 0 Å². The predicted molar refractivity (Wildman–Crippen MR) is 97.5 cm³/mol. The molecule has 136 valence electrons. The molecule has 0 radical (unpaired) electrons. The maximum absolute atomic E-state index is 12.7. The fourth-order valence-corrected chi connectivity index (χ4v) is 4.08. The zero-order valence-electron chi connectivity index (χ0n) is 14.6. The highest BCUT2D eigenvalue weighted by molar-refractivity contribution is 9.10. The Labute approximate surface area is 152 Å². The van der Waals surface area contributed by atoms with Crippen LogP contribution in [-0.4, -0.2) is 37.4 Å². The minimum Gasteiger partial charge on any atom is -0.447 e. The summed E-state index contributed by atoms with van der Waals surface area (Å²) in [5, 5.41) is 1.95. The van der Waals surface area contributed by atoms with E-state index in [0.717, 1.165) is 0 Å². The SMILES string of the molecule is CC(C)OC(=O)N[C@H](CS(=O)(=O)C(C)c1ccc(Br)nc1)C(C)C. The average Bonchev–Trinajstić information content (AvgIpc) is 2.45. The summed E-state index contributed by atoms with van der Waals surface area (Å²) in [6.45, 7) is 8.83. The lowest BCUT2D eigenvalue weighted by Gasteiger charge is -2.24. The third-order valence-electron chi connectivity index (χ3n) is 3.62. The fraction of sp³-hybridized carbons (Fsp3) is 0.625. The lowest BCUT2D eigenvalue weighted by atomic mass is 10.1. The van der Waals surface area contributed by atoms with Gasteiger partial charge in [-0.3, -0.25) is 0 Å². The number of pyridine rings is 1. The summed E-state index contributed by atoms with van der Waals surface area (Å²) in [5.41, 5.74) is 0.616. The lowest BCUT2D eigenvalue weighted by molar-refractivity contribution is 0.111. The number of hydrogen-bond acceptors (Lipinski definition) is 5. The van der Waals surface area contributed by atoms with E-state index in [1.54, 1.807) is 32.9 Å². The first-order valence-corrected chi connectivity index (χ1v) is 10.3. The molecule has 0 fully saturated rings. The Morgan fingerprint density at radius 2 is 1.88 bits per heavy atom. The highest BCUT2D eigenvalue weighted by Crippen LogP contribution is 2.24. The predicted octanol–water partition coefficient (Wildman–Crippen LogP) is 3.48. The van der Waals surface area contributed by atoms with Gasteiger partial charge in [0.2, 0.25) is 0 Å². The number of sulfone groups is 1. The Kier molecular flexibility index (Phi) is 7.66. The van der Waals surface area contributed by atoms with Crippen molar-refractivity contribution in [3.05, 3.63) is 28.5 Å². The van der Waals surface area contributed by atoms with E-state index in [1.165, 1.54) is 6.20 Å². The van der Waals surface area contributed by atoms with Crippen LogP contribution < -0.4 is 5.32 Å². The summed E-state index contributed by atoms with van der Waals surface area (Å²) in [6, 6.07) is 2.91. The molecule has 0 saturated carbocycles. The molecule has 2 atom stereocenters. The van der Waals surface area contributed by atoms with Crippen LogP contribution in [0.3, 0.4) is 0 Å². The van der Waals surface area contributed by atoms with Crippen LogP contribution in [0.15, 0.2) is 22.9 Å². The van der Waals surface area contributed by atoms with E-state index in [2.05, 4.69) is 26.2 Å². The van der Waals surface area contributed by atoms with Crippen molar-refractivity contribution in [3.8, 4) is 0 Å². The van der Waals surface area contributed by atoms with Gasteiger partial charge in [-0.2, -0.15) is 0 Å². The van der Waals surface area contributed by atoms with Crippen molar-refractivity contribution < 1.29 is 17.9 Å². The summed E-state index contributed by atoms with van der Waals surface area (Å²) >= 11 is 3.23. The first kappa shape index (κ1) is 20.9. The summed E-state index contributed by atoms with van der Waals surface area (Å²) in [4.78, 5) is 15.9. The van der Waals surface area contributed by atoms with Crippen LogP contribution >= 0.6 is 15.9 Å². The average molecular weight is 421 g/mol. The first-order valence-electron chi connectivity index (χ1n) is 7.83. The summed E-state index contributed by atoms with van der Waals surface area (Å²) in [6.07, 6.45) is 0.677. The van der Waals surface area contributed by atoms with E-state index >= 15 is 0 Å². The van der Waals surface area contributed by atoms with E-state index in [9.17, 15) is 13.2 Å². The molecule has 1 unspecified atom stereocenters. The van der Waals surface area contributed by atoms with Gasteiger partial charge in [-0.15, -0.1) is 0 Å². The number of hydrogen-bond donors (Lipinski definition) is 1. The van der Waals surface area contributed by atoms with Crippen LogP contribution in [0.4, 0.5) is 4.79 Å². The largest absolute Gasteiger partial charge is 0.447 e. The molecule has 1 amide bonds. The molecule has 0 aliphatic rings. The number of halogens is 1. The molecule has 0 aromatic carbocycles. The Morgan fingerprint density at radius 1 is 1.25 bits per heavy atom. The Hall–Kier alpha value is -1.15. The number of carbonyl (C=O) groups is 1. The Balaban J connectivity index is 2.87. The number of nitrogens with zero attached hydrogens (tertiary/aromatic N) is 1. The number of ether oxygens (including phenoxy) is 1. The van der Waals surface area contributed by atoms with Crippen molar-refractivity contribution in [2.75, 3.05) is 5.75 Å². The number of carbonyl (C=O) groups excluding carboxylic acids is 1. The molecule has 8 heteroatoms. The van der Waals surface area contributed by atoms with Gasteiger partial charge in [-0.05, 0) is 54.2 Å². The zero-order valence-corrected chi connectivity index (χ0v) is 17.0. The minimum atomic E-state index is -3.47. The van der Waals surface area contributed by atoms with Crippen molar-refractivity contribution >= 4 is 31.9 Å². The van der Waals surface area contributed by atoms with E-state index in [-0.39, 0.29) is 17.8 Å². The normalized spacial score (nSPS) is 14.5. The second-order valence-corrected chi connectivity index (χ2v) is 9.51. The standard InChI is InChI=1S/C16H25BrN2O4S/c1-10(2)14(19-16(20)23-11(3)4)9-24(21,22)12(5)13-6-7-15(17)18-8-13/h6-8,10-12,14H,9H2,1-5H3,(H,19,20)/t12?,14-/m1/s1. The molecule has 0 aliphatic heterocycles. The van der Waals surface area contributed by atoms with Gasteiger partial charge in [0.05, 0.1) is 17.1 Å². The third-order valence-corrected chi connectivity index (χ3v) is 6.26. The monoisotopic (exact) mass is 420 g/mol. The van der Waals surface area contributed by atoms with Crippen LogP contribution in [-0.2, 0) is 14.6 Å². The molecule has 0 spiro atoms. The molecule has 0 saturated heterocycles. The highest BCUT2D eigenvalue weighted by Gasteiger charge is 2.29. The number of nitrogens with one attached hydrogen (secondary N) is 1. The summed E-state index contributed by atoms with van der Waals surface area (Å²) in [5.74, 6) is -0.204. The Morgan fingerprint density at radius 3 is 2.33 bits per heavy atom. The van der Waals surface area contributed by atoms with Crippen LogP contribution in [0.5, 0.6) is 0 Å². The molecule has 1 aromatic rings. The molecule has 1 N–H and O–H groups in total. The smallest absolute Gasteiger partial charge is 0.407 e. The van der Waals surface area contributed by atoms with Gasteiger partial charge in [-0.1, -0.05) is 19.9 Å². The molecular formula is C16H25BrN2O4S. The molecule has 24 heavy (non-hydrogen) atoms. The fourth-order valence-electron chi connectivity index (χ4n) is 2.03. The number of alkyl carbamates (subject to hydrolysis) is 1. The van der Waals surface area contributed by atoms with Crippen LogP contribution in [0, 0.1) is 5.92 Å². The van der Waals surface area contributed by atoms with Crippen LogP contribution in [0.25, 0.3) is 0 Å². The van der Waals surface area contributed by atoms with Gasteiger partial charge >= 0.3 is 6.09 Å². The molecule has 1 heterocycles. The van der Waals surface area contributed by atoms with Crippen molar-refractivity contribution in [1.82, 2.24) is 10.3 Å². The minimum absolute atomic E-state index is 0.0465. The van der Waals surface area contributed by atoms with E-state index in [0.29, 0.717) is 10.2 Å². The van der Waals surface area contributed by atoms with Gasteiger partial charge < -0.3 is 10.1 Å². The van der Waals surface area contributed by atoms with Gasteiger partial charge in [0, 0.05) is 12.2 Å². The molecular weight excluding hydrogens is 396 g/mol. The quantitative estimate of drug-likeness (QED) is 0.682. The third kappa shape index (κ3) is 6.39. The second-order valence-electron chi connectivity index (χ2n) is 6.33. The molecule has 6 nitrogen and oxygen atoms in total. The van der Waals surface area contributed by atoms with E-state index in [1.807, 2.05) is 13.8 Å². The Bertz CT molecular complexity index is 645. The zero-order chi connectivity index (χ0) is 18.5. The second kappa shape index (κ2) is 8.80. The molecule has 0 aliphatic carbocycles. The molecule has 1 rings (SSSR count). The summed E-state index contributed by atoms with van der Waals surface area (Å²) in [7, 11) is -3.47. The summed E-state index contributed by atoms with van der Waals surface area (Å²) < 4.78 is 31.1. The van der Waals surface area contributed by atoms with Crippen LogP contribution in [0.1, 0.15) is 45.4 Å². The van der Waals surface area contributed by atoms with E-state index < -0.39 is 27.2 Å². The van der Waals surface area contributed by atoms with Gasteiger partial charge in [0.25, 0.3) is 0 Å². The van der Waals surface area contributed by atoms with Crippen molar-refractivity contribution in [1.29, 1.82) is 0 Å². The topological polar surface area (TPSA) is 85.4 Å². The maximum atomic E-state index is 12.7. The number of aromatic nitrogens is 1. The van der Waals surface area contributed by atoms with Gasteiger partial charge in [0.15, 0.2) is 9.84 Å². The van der Waals surface area contributed by atoms with Gasteiger partial charge in [-0.25, -0.2) is 18.2 Å². The van der Waals surface area contributed by atoms with Crippen molar-refractivity contribution in [2.24, 2.45) is 5.92 Å². The first-order chi connectivity index (χ1) is 11.0.